The largest absolute Gasteiger partial charge is 0.444 e. The molecule has 1 aliphatic heterocycles. The highest BCUT2D eigenvalue weighted by molar-refractivity contribution is 6.08. The van der Waals surface area contributed by atoms with Gasteiger partial charge < -0.3 is 19.5 Å². The molecule has 208 valence electrons. The number of carbonyl (C=O) groups is 2. The van der Waals surface area contributed by atoms with Crippen LogP contribution < -0.4 is 4.90 Å². The lowest BCUT2D eigenvalue weighted by Crippen LogP contribution is -2.39. The fourth-order valence-electron chi connectivity index (χ4n) is 5.03. The zero-order chi connectivity index (χ0) is 28.6. The molecule has 0 radical (unpaired) electrons. The Kier molecular flexibility index (Phi) is 6.82. The van der Waals surface area contributed by atoms with Crippen molar-refractivity contribution in [2.45, 2.75) is 32.8 Å². The number of ketones is 1. The highest BCUT2D eigenvalue weighted by atomic mass is 16.6. The average Bonchev–Trinajstić information content (AvgIpc) is 3.23. The molecule has 1 fully saturated rings. The minimum absolute atomic E-state index is 0.213. The van der Waals surface area contributed by atoms with Gasteiger partial charge in [-0.05, 0) is 50.8 Å². The van der Waals surface area contributed by atoms with Crippen molar-refractivity contribution < 1.29 is 14.3 Å². The maximum atomic E-state index is 13.5. The number of amides is 1. The molecule has 0 saturated carbocycles. The third kappa shape index (κ3) is 5.58. The highest BCUT2D eigenvalue weighted by Gasteiger charge is 2.25. The standard InChI is InChI=1S/C31H31N7O3/c1-31(2,3)41-30(40)38-12-6-11-37(13-14-38)22-16-26-28(34-18-22)36-29(35-26)27(39)20-9-10-33-25(15-20)24-19-32-17-21-7-4-5-8-23(21)24/h4-5,7-10,15-19H,6,11-14H2,1-3H3,(H,34,35,36). The van der Waals surface area contributed by atoms with E-state index in [0.717, 1.165) is 35.0 Å². The van der Waals surface area contributed by atoms with Gasteiger partial charge in [-0.1, -0.05) is 24.3 Å². The first-order valence-corrected chi connectivity index (χ1v) is 13.7. The number of ether oxygens (including phenoxy) is 1. The summed E-state index contributed by atoms with van der Waals surface area (Å²) < 4.78 is 5.55. The van der Waals surface area contributed by atoms with Crippen LogP contribution in [0.1, 0.15) is 43.4 Å². The SMILES string of the molecule is CC(C)(C)OC(=O)N1CCCN(c2cnc3nc(C(=O)c4ccnc(-c5cncc6ccccc56)c4)[nH]c3c2)CC1. The van der Waals surface area contributed by atoms with Crippen molar-refractivity contribution in [3.63, 3.8) is 0 Å². The van der Waals surface area contributed by atoms with E-state index >= 15 is 0 Å². The predicted octanol–water partition coefficient (Wildman–Crippen LogP) is 5.25. The summed E-state index contributed by atoms with van der Waals surface area (Å²) in [4.78, 5) is 51.0. The summed E-state index contributed by atoms with van der Waals surface area (Å²) in [6, 6.07) is 13.4. The van der Waals surface area contributed by atoms with Crippen LogP contribution in [0.3, 0.4) is 0 Å². The van der Waals surface area contributed by atoms with Gasteiger partial charge in [-0.2, -0.15) is 0 Å². The number of rotatable bonds is 4. The second kappa shape index (κ2) is 10.6. The second-order valence-electron chi connectivity index (χ2n) is 11.1. The number of fused-ring (bicyclic) bond motifs is 2. The first-order valence-electron chi connectivity index (χ1n) is 13.7. The molecule has 41 heavy (non-hydrogen) atoms. The van der Waals surface area contributed by atoms with E-state index in [0.29, 0.717) is 42.1 Å². The number of nitrogens with zero attached hydrogens (tertiary/aromatic N) is 6. The minimum atomic E-state index is -0.529. The Hall–Kier alpha value is -4.86. The van der Waals surface area contributed by atoms with E-state index in [-0.39, 0.29) is 17.7 Å². The molecule has 1 aromatic carbocycles. The second-order valence-corrected chi connectivity index (χ2v) is 11.1. The lowest BCUT2D eigenvalue weighted by molar-refractivity contribution is 0.0263. The average molecular weight is 550 g/mol. The maximum Gasteiger partial charge on any atom is 0.410 e. The molecule has 10 heteroatoms. The lowest BCUT2D eigenvalue weighted by Gasteiger charge is -2.26. The molecule has 0 atom stereocenters. The van der Waals surface area contributed by atoms with Crippen LogP contribution in [0, 0.1) is 0 Å². The fourth-order valence-corrected chi connectivity index (χ4v) is 5.03. The molecular weight excluding hydrogens is 518 g/mol. The smallest absolute Gasteiger partial charge is 0.410 e. The third-order valence-electron chi connectivity index (χ3n) is 7.02. The van der Waals surface area contributed by atoms with Crippen LogP contribution in [0.15, 0.2) is 67.3 Å². The number of aromatic nitrogens is 5. The van der Waals surface area contributed by atoms with Crippen LogP contribution in [-0.4, -0.2) is 73.5 Å². The topological polar surface area (TPSA) is 117 Å². The molecule has 0 aliphatic carbocycles. The number of carbonyl (C=O) groups excluding carboxylic acids is 2. The van der Waals surface area contributed by atoms with Crippen molar-refractivity contribution in [2.75, 3.05) is 31.1 Å². The van der Waals surface area contributed by atoms with Crippen molar-refractivity contribution >= 4 is 39.5 Å². The van der Waals surface area contributed by atoms with E-state index in [4.69, 9.17) is 4.74 Å². The summed E-state index contributed by atoms with van der Waals surface area (Å²) in [5.74, 6) is -0.0333. The van der Waals surface area contributed by atoms with Crippen molar-refractivity contribution in [2.24, 2.45) is 0 Å². The highest BCUT2D eigenvalue weighted by Crippen LogP contribution is 2.27. The molecular formula is C31H31N7O3. The fraction of sp³-hybridized carbons (Fsp3) is 0.290. The van der Waals surface area contributed by atoms with Gasteiger partial charge in [0.25, 0.3) is 0 Å². The Morgan fingerprint density at radius 3 is 2.66 bits per heavy atom. The van der Waals surface area contributed by atoms with E-state index in [1.165, 1.54) is 0 Å². The summed E-state index contributed by atoms with van der Waals surface area (Å²) in [5.41, 5.74) is 3.51. The molecule has 1 amide bonds. The first kappa shape index (κ1) is 26.4. The van der Waals surface area contributed by atoms with Gasteiger partial charge in [0.05, 0.1) is 23.1 Å². The predicted molar refractivity (Wildman–Crippen MR) is 157 cm³/mol. The summed E-state index contributed by atoms with van der Waals surface area (Å²) >= 11 is 0. The van der Waals surface area contributed by atoms with Crippen LogP contribution in [0.4, 0.5) is 10.5 Å². The lowest BCUT2D eigenvalue weighted by atomic mass is 10.0. The number of benzene rings is 1. The number of pyridine rings is 3. The van der Waals surface area contributed by atoms with Gasteiger partial charge in [-0.25, -0.2) is 14.8 Å². The normalized spacial score (nSPS) is 14.3. The van der Waals surface area contributed by atoms with E-state index in [1.54, 1.807) is 35.6 Å². The van der Waals surface area contributed by atoms with Crippen LogP contribution in [-0.2, 0) is 4.74 Å². The van der Waals surface area contributed by atoms with Crippen LogP contribution in [0.25, 0.3) is 33.2 Å². The van der Waals surface area contributed by atoms with Crippen LogP contribution >= 0.6 is 0 Å². The summed E-state index contributed by atoms with van der Waals surface area (Å²) in [6.45, 7) is 8.22. The molecule has 0 bridgehead atoms. The van der Waals surface area contributed by atoms with Gasteiger partial charge >= 0.3 is 6.09 Å². The molecule has 5 aromatic rings. The molecule has 6 rings (SSSR count). The van der Waals surface area contributed by atoms with Crippen molar-refractivity contribution in [3.8, 4) is 11.3 Å². The van der Waals surface area contributed by atoms with E-state index < -0.39 is 5.60 Å². The molecule has 1 saturated heterocycles. The first-order chi connectivity index (χ1) is 19.7. The third-order valence-corrected chi connectivity index (χ3v) is 7.02. The van der Waals surface area contributed by atoms with E-state index in [2.05, 4.69) is 29.8 Å². The van der Waals surface area contributed by atoms with Crippen LogP contribution in [0.5, 0.6) is 0 Å². The Bertz CT molecular complexity index is 1750. The van der Waals surface area contributed by atoms with Gasteiger partial charge in [-0.15, -0.1) is 0 Å². The molecule has 4 aromatic heterocycles. The number of anilines is 1. The number of hydrogen-bond acceptors (Lipinski definition) is 8. The van der Waals surface area contributed by atoms with Crippen molar-refractivity contribution in [3.05, 3.63) is 78.6 Å². The van der Waals surface area contributed by atoms with Gasteiger partial charge in [0, 0.05) is 61.3 Å². The van der Waals surface area contributed by atoms with Crippen molar-refractivity contribution in [1.29, 1.82) is 0 Å². The van der Waals surface area contributed by atoms with Gasteiger partial charge in [-0.3, -0.25) is 14.8 Å². The van der Waals surface area contributed by atoms with Gasteiger partial charge in [0.2, 0.25) is 5.78 Å². The van der Waals surface area contributed by atoms with Gasteiger partial charge in [0.15, 0.2) is 11.5 Å². The molecule has 0 spiro atoms. The molecule has 1 N–H and O–H groups in total. The monoisotopic (exact) mass is 549 g/mol. The maximum absolute atomic E-state index is 13.5. The Balaban J connectivity index is 1.21. The summed E-state index contributed by atoms with van der Waals surface area (Å²) in [7, 11) is 0. The Morgan fingerprint density at radius 2 is 1.80 bits per heavy atom. The number of hydrogen-bond donors (Lipinski definition) is 1. The van der Waals surface area contributed by atoms with E-state index in [1.807, 2.05) is 57.3 Å². The molecule has 0 unspecified atom stereocenters. The number of aromatic amines is 1. The quantitative estimate of drug-likeness (QED) is 0.302. The minimum Gasteiger partial charge on any atom is -0.444 e. The van der Waals surface area contributed by atoms with Crippen LogP contribution in [0.2, 0.25) is 0 Å². The molecule has 1 aliphatic rings. The van der Waals surface area contributed by atoms with Crippen molar-refractivity contribution in [1.82, 2.24) is 29.8 Å². The van der Waals surface area contributed by atoms with E-state index in [9.17, 15) is 9.59 Å². The number of imidazole rings is 1. The van der Waals surface area contributed by atoms with Gasteiger partial charge in [0.1, 0.15) is 5.60 Å². The summed E-state index contributed by atoms with van der Waals surface area (Å²) in [6.07, 6.45) is 7.48. The Morgan fingerprint density at radius 1 is 0.951 bits per heavy atom. The zero-order valence-electron chi connectivity index (χ0n) is 23.3. The molecule has 10 nitrogen and oxygen atoms in total. The molecule has 5 heterocycles. The number of nitrogens with one attached hydrogen (secondary N) is 1. The zero-order valence-corrected chi connectivity index (χ0v) is 23.3. The summed E-state index contributed by atoms with van der Waals surface area (Å²) in [5, 5.41) is 2.02. The Labute approximate surface area is 237 Å². The number of H-pyrrole nitrogens is 1.